The van der Waals surface area contributed by atoms with Gasteiger partial charge in [0.2, 0.25) is 0 Å². The molecule has 1 aromatic heterocycles. The Morgan fingerprint density at radius 2 is 1.78 bits per heavy atom. The molecular formula is C25H27N3O4. The van der Waals surface area contributed by atoms with Crippen molar-refractivity contribution >= 4 is 11.8 Å². The lowest BCUT2D eigenvalue weighted by molar-refractivity contribution is 0.0697. The monoisotopic (exact) mass is 433 g/mol. The minimum atomic E-state index is -0.0708. The van der Waals surface area contributed by atoms with Gasteiger partial charge in [-0.2, -0.15) is 0 Å². The van der Waals surface area contributed by atoms with Crippen molar-refractivity contribution in [2.45, 2.75) is 39.3 Å². The maximum Gasteiger partial charge on any atom is 0.253 e. The van der Waals surface area contributed by atoms with E-state index in [1.165, 1.54) is 0 Å². The minimum absolute atomic E-state index is 0.0272. The van der Waals surface area contributed by atoms with Crippen LogP contribution in [0.1, 0.15) is 50.6 Å². The highest BCUT2D eigenvalue weighted by atomic mass is 16.5. The van der Waals surface area contributed by atoms with Gasteiger partial charge in [-0.05, 0) is 57.0 Å². The number of ether oxygens (including phenoxy) is 1. The van der Waals surface area contributed by atoms with Gasteiger partial charge in [-0.1, -0.05) is 29.4 Å². The van der Waals surface area contributed by atoms with Gasteiger partial charge in [0.25, 0.3) is 11.8 Å². The molecule has 2 aromatic carbocycles. The van der Waals surface area contributed by atoms with Crippen LogP contribution in [0.5, 0.6) is 5.75 Å². The lowest BCUT2D eigenvalue weighted by Crippen LogP contribution is -2.46. The average Bonchev–Trinajstić information content (AvgIpc) is 3.15. The number of likely N-dealkylation sites (tertiary alicyclic amines) is 1. The molecule has 0 atom stereocenters. The molecule has 0 aliphatic carbocycles. The zero-order valence-electron chi connectivity index (χ0n) is 18.3. The number of carbonyl (C=O) groups is 2. The van der Waals surface area contributed by atoms with Gasteiger partial charge < -0.3 is 19.5 Å². The van der Waals surface area contributed by atoms with E-state index in [9.17, 15) is 9.59 Å². The third-order valence-corrected chi connectivity index (χ3v) is 5.80. The van der Waals surface area contributed by atoms with Gasteiger partial charge in [-0.15, -0.1) is 0 Å². The van der Waals surface area contributed by atoms with Crippen LogP contribution in [0.4, 0.5) is 0 Å². The van der Waals surface area contributed by atoms with Gasteiger partial charge >= 0.3 is 0 Å². The number of aromatic nitrogens is 1. The fraction of sp³-hybridized carbons (Fsp3) is 0.320. The summed E-state index contributed by atoms with van der Waals surface area (Å²) in [6.07, 6.45) is 1.46. The molecule has 1 N–H and O–H groups in total. The van der Waals surface area contributed by atoms with Gasteiger partial charge in [0.05, 0.1) is 11.3 Å². The fourth-order valence-corrected chi connectivity index (χ4v) is 3.85. The highest BCUT2D eigenvalue weighted by Gasteiger charge is 2.25. The van der Waals surface area contributed by atoms with E-state index in [0.29, 0.717) is 36.6 Å². The van der Waals surface area contributed by atoms with E-state index in [0.717, 1.165) is 29.9 Å². The second kappa shape index (κ2) is 9.68. The second-order valence-electron chi connectivity index (χ2n) is 8.03. The zero-order chi connectivity index (χ0) is 22.5. The van der Waals surface area contributed by atoms with Crippen molar-refractivity contribution in [3.05, 3.63) is 82.7 Å². The Kier molecular flexibility index (Phi) is 6.54. The van der Waals surface area contributed by atoms with Crippen molar-refractivity contribution < 1.29 is 18.8 Å². The number of hydrogen-bond donors (Lipinski definition) is 1. The second-order valence-corrected chi connectivity index (χ2v) is 8.03. The van der Waals surface area contributed by atoms with Gasteiger partial charge in [-0.25, -0.2) is 0 Å². The molecule has 2 amide bonds. The first-order chi connectivity index (χ1) is 15.5. The van der Waals surface area contributed by atoms with E-state index >= 15 is 0 Å². The molecule has 2 heterocycles. The highest BCUT2D eigenvalue weighted by Crippen LogP contribution is 2.21. The van der Waals surface area contributed by atoms with Crippen molar-refractivity contribution in [3.8, 4) is 5.75 Å². The Bertz CT molecular complexity index is 1070. The van der Waals surface area contributed by atoms with Gasteiger partial charge in [-0.3, -0.25) is 9.59 Å². The molecule has 1 aliphatic rings. The van der Waals surface area contributed by atoms with Crippen LogP contribution < -0.4 is 10.1 Å². The molecule has 1 aliphatic heterocycles. The van der Waals surface area contributed by atoms with E-state index in [2.05, 4.69) is 10.5 Å². The SMILES string of the molecule is Cc1noc(C)c1COc1cccc(C(=O)N2CCC(NC(=O)c3ccccc3)CC2)c1. The number of amides is 2. The molecule has 4 rings (SSSR count). The van der Waals surface area contributed by atoms with Gasteiger partial charge in [0, 0.05) is 30.3 Å². The molecule has 3 aromatic rings. The number of piperidine rings is 1. The lowest BCUT2D eigenvalue weighted by Gasteiger charge is -2.32. The topological polar surface area (TPSA) is 84.7 Å². The van der Waals surface area contributed by atoms with E-state index < -0.39 is 0 Å². The first-order valence-corrected chi connectivity index (χ1v) is 10.8. The van der Waals surface area contributed by atoms with Crippen LogP contribution in [0.15, 0.2) is 59.1 Å². The lowest BCUT2D eigenvalue weighted by atomic mass is 10.0. The Morgan fingerprint density at radius 3 is 2.47 bits per heavy atom. The first-order valence-electron chi connectivity index (χ1n) is 10.8. The van der Waals surface area contributed by atoms with Crippen LogP contribution >= 0.6 is 0 Å². The van der Waals surface area contributed by atoms with Gasteiger partial charge in [0.1, 0.15) is 18.1 Å². The maximum atomic E-state index is 13.0. The molecular weight excluding hydrogens is 406 g/mol. The smallest absolute Gasteiger partial charge is 0.253 e. The number of nitrogens with zero attached hydrogens (tertiary/aromatic N) is 2. The molecule has 0 bridgehead atoms. The molecule has 1 saturated heterocycles. The molecule has 7 heteroatoms. The standard InChI is InChI=1S/C25H27N3O4/c1-17-23(18(2)32-27-17)16-31-22-10-6-9-20(15-22)25(30)28-13-11-21(12-14-28)26-24(29)19-7-4-3-5-8-19/h3-10,15,21H,11-14,16H2,1-2H3,(H,26,29). The normalized spacial score (nSPS) is 14.2. The van der Waals surface area contributed by atoms with Crippen molar-refractivity contribution in [2.24, 2.45) is 0 Å². The quantitative estimate of drug-likeness (QED) is 0.637. The number of hydrogen-bond acceptors (Lipinski definition) is 5. The molecule has 32 heavy (non-hydrogen) atoms. The van der Waals surface area contributed by atoms with Crippen LogP contribution in [-0.2, 0) is 6.61 Å². The Morgan fingerprint density at radius 1 is 1.06 bits per heavy atom. The maximum absolute atomic E-state index is 13.0. The summed E-state index contributed by atoms with van der Waals surface area (Å²) in [5, 5.41) is 7.01. The number of nitrogens with one attached hydrogen (secondary N) is 1. The Hall–Kier alpha value is -3.61. The summed E-state index contributed by atoms with van der Waals surface area (Å²) in [7, 11) is 0. The van der Waals surface area contributed by atoms with E-state index in [-0.39, 0.29) is 17.9 Å². The van der Waals surface area contributed by atoms with Crippen molar-refractivity contribution in [1.29, 1.82) is 0 Å². The molecule has 166 valence electrons. The van der Waals surface area contributed by atoms with Crippen LogP contribution in [0, 0.1) is 13.8 Å². The minimum Gasteiger partial charge on any atom is -0.489 e. The fourth-order valence-electron chi connectivity index (χ4n) is 3.85. The molecule has 0 saturated carbocycles. The molecule has 0 unspecified atom stereocenters. The predicted molar refractivity (Wildman–Crippen MR) is 120 cm³/mol. The molecule has 1 fully saturated rings. The van der Waals surface area contributed by atoms with Gasteiger partial charge in [0.15, 0.2) is 0 Å². The molecule has 7 nitrogen and oxygen atoms in total. The van der Waals surface area contributed by atoms with E-state index in [4.69, 9.17) is 9.26 Å². The van der Waals surface area contributed by atoms with Crippen LogP contribution in [0.2, 0.25) is 0 Å². The van der Waals surface area contributed by atoms with Crippen molar-refractivity contribution in [1.82, 2.24) is 15.4 Å². The number of benzene rings is 2. The third kappa shape index (κ3) is 4.99. The summed E-state index contributed by atoms with van der Waals surface area (Å²) >= 11 is 0. The first kappa shape index (κ1) is 21.6. The van der Waals surface area contributed by atoms with E-state index in [1.54, 1.807) is 24.3 Å². The predicted octanol–water partition coefficient (Wildman–Crippen LogP) is 3.91. The third-order valence-electron chi connectivity index (χ3n) is 5.80. The summed E-state index contributed by atoms with van der Waals surface area (Å²) in [4.78, 5) is 27.2. The summed E-state index contributed by atoms with van der Waals surface area (Å²) in [6, 6.07) is 16.5. The summed E-state index contributed by atoms with van der Waals surface area (Å²) in [5.41, 5.74) is 2.96. The van der Waals surface area contributed by atoms with Crippen LogP contribution in [-0.4, -0.2) is 41.0 Å². The highest BCUT2D eigenvalue weighted by molar-refractivity contribution is 5.95. The zero-order valence-corrected chi connectivity index (χ0v) is 18.3. The average molecular weight is 434 g/mol. The number of carbonyl (C=O) groups excluding carboxylic acids is 2. The van der Waals surface area contributed by atoms with E-state index in [1.807, 2.05) is 49.1 Å². The summed E-state index contributed by atoms with van der Waals surface area (Å²) < 4.78 is 11.0. The number of rotatable bonds is 6. The van der Waals surface area contributed by atoms with Crippen LogP contribution in [0.25, 0.3) is 0 Å². The van der Waals surface area contributed by atoms with Crippen LogP contribution in [0.3, 0.4) is 0 Å². The number of aryl methyl sites for hydroxylation is 2. The Balaban J connectivity index is 1.31. The molecule has 0 radical (unpaired) electrons. The summed E-state index contributed by atoms with van der Waals surface area (Å²) in [5.74, 6) is 1.26. The Labute approximate surface area is 187 Å². The largest absolute Gasteiger partial charge is 0.489 e. The molecule has 0 spiro atoms. The van der Waals surface area contributed by atoms with Crippen molar-refractivity contribution in [3.63, 3.8) is 0 Å². The summed E-state index contributed by atoms with van der Waals surface area (Å²) in [6.45, 7) is 5.27. The van der Waals surface area contributed by atoms with Crippen molar-refractivity contribution in [2.75, 3.05) is 13.1 Å².